The van der Waals surface area contributed by atoms with Gasteiger partial charge in [-0.05, 0) is 71.3 Å². The van der Waals surface area contributed by atoms with Gasteiger partial charge < -0.3 is 40.3 Å². The Bertz CT molecular complexity index is 1680. The van der Waals surface area contributed by atoms with E-state index in [4.69, 9.17) is 4.74 Å². The summed E-state index contributed by atoms with van der Waals surface area (Å²) in [6, 6.07) is 27.1. The molecular weight excluding hydrogens is 617 g/mol. The van der Waals surface area contributed by atoms with Crippen LogP contribution in [0.3, 0.4) is 0 Å². The third kappa shape index (κ3) is 6.86. The molecule has 0 saturated carbocycles. The van der Waals surface area contributed by atoms with E-state index >= 15 is 0 Å². The highest BCUT2D eigenvalue weighted by Gasteiger charge is 2.44. The summed E-state index contributed by atoms with van der Waals surface area (Å²) in [6.07, 6.45) is -5.07. The van der Waals surface area contributed by atoms with Gasteiger partial charge in [0.25, 0.3) is 0 Å². The van der Waals surface area contributed by atoms with E-state index < -0.39 is 49.3 Å². The Labute approximate surface area is 278 Å². The molecule has 0 unspecified atom stereocenters. The number of aliphatic hydroxyl groups excluding tert-OH is 5. The molecule has 252 valence electrons. The van der Waals surface area contributed by atoms with Crippen molar-refractivity contribution in [1.29, 1.82) is 0 Å². The number of hydrogen-bond acceptors (Lipinski definition) is 8. The van der Waals surface area contributed by atoms with Crippen LogP contribution in [0.15, 0.2) is 97.1 Å². The van der Waals surface area contributed by atoms with Crippen LogP contribution in [-0.4, -0.2) is 67.6 Å². The lowest BCUT2D eigenvalue weighted by Gasteiger charge is -2.40. The maximum Gasteiger partial charge on any atom is 0.227 e. The van der Waals surface area contributed by atoms with Crippen molar-refractivity contribution < 1.29 is 44.6 Å². The summed E-state index contributed by atoms with van der Waals surface area (Å²) < 4.78 is 19.0. The first-order chi connectivity index (χ1) is 23.2. The molecule has 8 atom stereocenters. The van der Waals surface area contributed by atoms with Crippen LogP contribution in [-0.2, 0) is 9.53 Å². The van der Waals surface area contributed by atoms with E-state index in [1.54, 1.807) is 47.4 Å². The van der Waals surface area contributed by atoms with Gasteiger partial charge in [0.05, 0.1) is 18.8 Å². The molecule has 0 radical (unpaired) electrons. The first kappa shape index (κ1) is 33.7. The van der Waals surface area contributed by atoms with Crippen molar-refractivity contribution in [1.82, 2.24) is 0 Å². The normalized spacial score (nSPS) is 26.5. The molecule has 6 rings (SSSR count). The third-order valence-corrected chi connectivity index (χ3v) is 9.59. The number of phenols is 1. The molecule has 0 aliphatic carbocycles. The van der Waals surface area contributed by atoms with Gasteiger partial charge in [0.2, 0.25) is 5.91 Å². The molecule has 0 spiro atoms. The van der Waals surface area contributed by atoms with Gasteiger partial charge >= 0.3 is 0 Å². The Kier molecular flexibility index (Phi) is 10.2. The van der Waals surface area contributed by atoms with Crippen molar-refractivity contribution >= 4 is 11.6 Å². The summed E-state index contributed by atoms with van der Waals surface area (Å²) >= 11 is 0. The molecule has 2 aliphatic rings. The molecule has 9 nitrogen and oxygen atoms in total. The number of carbonyl (C=O) groups excluding carboxylic acids is 1. The van der Waals surface area contributed by atoms with Crippen molar-refractivity contribution in [3.05, 3.63) is 120 Å². The molecule has 2 aliphatic heterocycles. The van der Waals surface area contributed by atoms with Gasteiger partial charge in [-0.25, -0.2) is 4.39 Å². The smallest absolute Gasteiger partial charge is 0.227 e. The topological polar surface area (TPSA) is 151 Å². The molecule has 2 saturated heterocycles. The number of phenolic OH excluding ortho intramolecular Hbond substituents is 1. The number of hydrogen-bond donors (Lipinski definition) is 6. The highest BCUT2D eigenvalue weighted by molar-refractivity contribution is 5.97. The molecule has 10 heteroatoms. The summed E-state index contributed by atoms with van der Waals surface area (Å²) in [5.41, 5.74) is 4.00. The van der Waals surface area contributed by atoms with Gasteiger partial charge in [0.15, 0.2) is 0 Å². The van der Waals surface area contributed by atoms with Crippen LogP contribution in [0.1, 0.15) is 60.6 Å². The second kappa shape index (κ2) is 14.5. The van der Waals surface area contributed by atoms with Crippen LogP contribution in [0.2, 0.25) is 0 Å². The number of benzene rings is 4. The number of nitrogens with zero attached hydrogens (tertiary/aromatic N) is 1. The lowest BCUT2D eigenvalue weighted by atomic mass is 9.87. The van der Waals surface area contributed by atoms with Gasteiger partial charge in [0.1, 0.15) is 42.1 Å². The first-order valence-electron chi connectivity index (χ1n) is 16.2. The van der Waals surface area contributed by atoms with Crippen molar-refractivity contribution in [2.75, 3.05) is 11.5 Å². The largest absolute Gasteiger partial charge is 0.508 e. The molecular formula is C38H40FNO8. The van der Waals surface area contributed by atoms with Crippen molar-refractivity contribution in [2.45, 2.75) is 68.3 Å². The predicted octanol–water partition coefficient (Wildman–Crippen LogP) is 4.71. The Balaban J connectivity index is 1.22. The molecule has 6 N–H and O–H groups in total. The maximum absolute atomic E-state index is 13.5. The number of carbonyl (C=O) groups is 1. The van der Waals surface area contributed by atoms with Gasteiger partial charge in [-0.3, -0.25) is 4.79 Å². The second-order valence-electron chi connectivity index (χ2n) is 12.7. The van der Waals surface area contributed by atoms with Crippen molar-refractivity contribution in [3.8, 4) is 16.9 Å². The van der Waals surface area contributed by atoms with Crippen molar-refractivity contribution in [2.24, 2.45) is 5.92 Å². The zero-order valence-corrected chi connectivity index (χ0v) is 26.2. The van der Waals surface area contributed by atoms with E-state index in [2.05, 4.69) is 0 Å². The molecule has 2 fully saturated rings. The van der Waals surface area contributed by atoms with Crippen LogP contribution < -0.4 is 4.90 Å². The average Bonchev–Trinajstić information content (AvgIpc) is 3.43. The van der Waals surface area contributed by atoms with Crippen LogP contribution in [0.4, 0.5) is 10.1 Å². The average molecular weight is 658 g/mol. The number of halogens is 1. The van der Waals surface area contributed by atoms with E-state index in [9.17, 15) is 39.8 Å². The van der Waals surface area contributed by atoms with E-state index in [1.807, 2.05) is 42.5 Å². The van der Waals surface area contributed by atoms with Gasteiger partial charge in [-0.2, -0.15) is 0 Å². The second-order valence-corrected chi connectivity index (χ2v) is 12.7. The SMILES string of the molecule is O=C1C[C@H](CCC[C@@H](O)c2ccc(F)cc2)[C@@H](c2ccc(-c3ccc([C@@H]4O[C@H](CO)[C@@H](O)[C@H](O)[C@H]4O)cc3)cc2O)N1c1ccccc1. The van der Waals surface area contributed by atoms with Crippen LogP contribution in [0.25, 0.3) is 11.1 Å². The minimum atomic E-state index is -1.48. The molecule has 0 bridgehead atoms. The van der Waals surface area contributed by atoms with Gasteiger partial charge in [0, 0.05) is 17.7 Å². The number of rotatable bonds is 10. The first-order valence-corrected chi connectivity index (χ1v) is 16.2. The van der Waals surface area contributed by atoms with E-state index in [0.29, 0.717) is 41.5 Å². The highest BCUT2D eigenvalue weighted by Crippen LogP contribution is 2.47. The summed E-state index contributed by atoms with van der Waals surface area (Å²) in [7, 11) is 0. The lowest BCUT2D eigenvalue weighted by Crippen LogP contribution is -2.55. The van der Waals surface area contributed by atoms with E-state index in [0.717, 1.165) is 11.3 Å². The molecule has 4 aromatic carbocycles. The molecule has 4 aromatic rings. The molecule has 1 amide bonds. The van der Waals surface area contributed by atoms with E-state index in [1.165, 1.54) is 12.1 Å². The van der Waals surface area contributed by atoms with Crippen molar-refractivity contribution in [3.63, 3.8) is 0 Å². The fraction of sp³-hybridized carbons (Fsp3) is 0.342. The Hall–Kier alpha value is -4.16. The number of anilines is 1. The molecule has 2 heterocycles. The quantitative estimate of drug-likeness (QED) is 0.144. The monoisotopic (exact) mass is 657 g/mol. The van der Waals surface area contributed by atoms with Gasteiger partial charge in [-0.15, -0.1) is 0 Å². The fourth-order valence-electron chi connectivity index (χ4n) is 6.99. The zero-order chi connectivity index (χ0) is 33.9. The van der Waals surface area contributed by atoms with Crippen LogP contribution >= 0.6 is 0 Å². The third-order valence-electron chi connectivity index (χ3n) is 9.59. The molecule has 48 heavy (non-hydrogen) atoms. The maximum atomic E-state index is 13.5. The summed E-state index contributed by atoms with van der Waals surface area (Å²) in [5, 5.41) is 62.5. The standard InChI is InChI=1S/C38H40FNO8/c39-27-16-13-23(14-17-27)30(42)8-4-5-26-20-33(44)40(28-6-2-1-3-7-28)34(26)29-18-15-25(19-31(29)43)22-9-11-24(12-10-22)38-37(47)36(46)35(45)32(21-41)48-38/h1-3,6-7,9-19,26,30,32,34-38,41-43,45-47H,4-5,8,20-21H2/t26-,30+,32+,34-,35+,36-,37+,38-/m0/s1. The zero-order valence-electron chi connectivity index (χ0n) is 26.2. The number of aromatic hydroxyl groups is 1. The minimum absolute atomic E-state index is 0.0301. The number of ether oxygens (including phenoxy) is 1. The Morgan fingerprint density at radius 3 is 2.21 bits per heavy atom. The summed E-state index contributed by atoms with van der Waals surface area (Å²) in [5.74, 6) is -0.520. The predicted molar refractivity (Wildman–Crippen MR) is 176 cm³/mol. The van der Waals surface area contributed by atoms with Gasteiger partial charge in [-0.1, -0.05) is 73.2 Å². The van der Waals surface area contributed by atoms with Crippen LogP contribution in [0, 0.1) is 11.7 Å². The highest BCUT2D eigenvalue weighted by atomic mass is 19.1. The van der Waals surface area contributed by atoms with E-state index in [-0.39, 0.29) is 29.8 Å². The van der Waals surface area contributed by atoms with Crippen LogP contribution in [0.5, 0.6) is 5.75 Å². The molecule has 0 aromatic heterocycles. The fourth-order valence-corrected chi connectivity index (χ4v) is 6.99. The Morgan fingerprint density at radius 1 is 0.854 bits per heavy atom. The lowest BCUT2D eigenvalue weighted by molar-refractivity contribution is -0.231. The number of aliphatic hydroxyl groups is 5. The number of para-hydroxylation sites is 1. The summed E-state index contributed by atoms with van der Waals surface area (Å²) in [6.45, 7) is -0.516. The number of amides is 1. The minimum Gasteiger partial charge on any atom is -0.508 e. The Morgan fingerprint density at radius 2 is 1.54 bits per heavy atom. The summed E-state index contributed by atoms with van der Waals surface area (Å²) in [4.78, 5) is 15.2.